The molecule has 1 fully saturated rings. The summed E-state index contributed by atoms with van der Waals surface area (Å²) in [6.07, 6.45) is 6.41. The van der Waals surface area contributed by atoms with Crippen LogP contribution in [0.3, 0.4) is 0 Å². The summed E-state index contributed by atoms with van der Waals surface area (Å²) in [6.45, 7) is 1.28. The van der Waals surface area contributed by atoms with Crippen LogP contribution < -0.4 is 0 Å². The van der Waals surface area contributed by atoms with Crippen molar-refractivity contribution in [3.05, 3.63) is 78.1 Å². The van der Waals surface area contributed by atoms with E-state index in [1.165, 1.54) is 0 Å². The Kier molecular flexibility index (Phi) is 5.47. The zero-order valence-corrected chi connectivity index (χ0v) is 15.9. The van der Waals surface area contributed by atoms with Crippen molar-refractivity contribution in [2.75, 3.05) is 13.1 Å². The molecule has 4 rings (SSSR count). The Morgan fingerprint density at radius 2 is 1.79 bits per heavy atom. The third-order valence-corrected chi connectivity index (χ3v) is 5.56. The van der Waals surface area contributed by atoms with Crippen LogP contribution in [0.25, 0.3) is 10.8 Å². The first-order valence-electron chi connectivity index (χ1n) is 9.90. The van der Waals surface area contributed by atoms with E-state index in [1.807, 2.05) is 59.5 Å². The summed E-state index contributed by atoms with van der Waals surface area (Å²) in [5.41, 5.74) is 1.86. The second-order valence-corrected chi connectivity index (χ2v) is 7.46. The standard InChI is InChI=1S/C24H24N2O2/c27-23(10-7-18-11-13-25-14-12-18)26-15-3-6-22(17-26)24(28)21-9-8-19-4-1-2-5-20(19)16-21/h1-2,4-5,8-9,11-14,16,22H,3,6-7,10,15,17H2/t22-/m1/s1. The average molecular weight is 372 g/mol. The SMILES string of the molecule is O=C(c1ccc2ccccc2c1)[C@@H]1CCCN(C(=O)CCc2ccncc2)C1. The van der Waals surface area contributed by atoms with E-state index >= 15 is 0 Å². The van der Waals surface area contributed by atoms with E-state index in [0.717, 1.165) is 41.3 Å². The van der Waals surface area contributed by atoms with Crippen LogP contribution in [0.15, 0.2) is 67.0 Å². The van der Waals surface area contributed by atoms with Crippen molar-refractivity contribution in [3.63, 3.8) is 0 Å². The van der Waals surface area contributed by atoms with Crippen molar-refractivity contribution in [1.82, 2.24) is 9.88 Å². The van der Waals surface area contributed by atoms with Crippen molar-refractivity contribution in [3.8, 4) is 0 Å². The number of hydrogen-bond acceptors (Lipinski definition) is 3. The highest BCUT2D eigenvalue weighted by Gasteiger charge is 2.28. The molecule has 142 valence electrons. The van der Waals surface area contributed by atoms with Crippen LogP contribution in [0.1, 0.15) is 35.2 Å². The summed E-state index contributed by atoms with van der Waals surface area (Å²) in [5, 5.41) is 2.21. The quantitative estimate of drug-likeness (QED) is 0.628. The second kappa shape index (κ2) is 8.34. The molecule has 0 saturated carbocycles. The fourth-order valence-corrected chi connectivity index (χ4v) is 3.95. The number of likely N-dealkylation sites (tertiary alicyclic amines) is 1. The molecule has 1 aliphatic heterocycles. The Morgan fingerprint density at radius 1 is 1.00 bits per heavy atom. The fourth-order valence-electron chi connectivity index (χ4n) is 3.95. The lowest BCUT2D eigenvalue weighted by Gasteiger charge is -2.32. The summed E-state index contributed by atoms with van der Waals surface area (Å²) in [7, 11) is 0. The van der Waals surface area contributed by atoms with Gasteiger partial charge in [-0.3, -0.25) is 14.6 Å². The van der Waals surface area contributed by atoms with Gasteiger partial charge in [-0.25, -0.2) is 0 Å². The van der Waals surface area contributed by atoms with Gasteiger partial charge in [-0.05, 0) is 53.8 Å². The number of piperidine rings is 1. The monoisotopic (exact) mass is 372 g/mol. The van der Waals surface area contributed by atoms with Gasteiger partial charge in [-0.15, -0.1) is 0 Å². The van der Waals surface area contributed by atoms with Gasteiger partial charge in [0, 0.05) is 43.4 Å². The molecule has 0 bridgehead atoms. The van der Waals surface area contributed by atoms with Gasteiger partial charge in [-0.2, -0.15) is 0 Å². The molecule has 1 amide bonds. The summed E-state index contributed by atoms with van der Waals surface area (Å²) in [6, 6.07) is 17.8. The van der Waals surface area contributed by atoms with Crippen LogP contribution in [-0.2, 0) is 11.2 Å². The van der Waals surface area contributed by atoms with Gasteiger partial charge in [-0.1, -0.05) is 36.4 Å². The Bertz CT molecular complexity index is 984. The summed E-state index contributed by atoms with van der Waals surface area (Å²) < 4.78 is 0. The molecule has 1 aromatic heterocycles. The van der Waals surface area contributed by atoms with E-state index in [1.54, 1.807) is 12.4 Å². The van der Waals surface area contributed by atoms with Gasteiger partial charge >= 0.3 is 0 Å². The van der Waals surface area contributed by atoms with Crippen molar-refractivity contribution >= 4 is 22.5 Å². The number of carbonyl (C=O) groups excluding carboxylic acids is 2. The lowest BCUT2D eigenvalue weighted by molar-refractivity contribution is -0.132. The Morgan fingerprint density at radius 3 is 2.61 bits per heavy atom. The molecule has 0 spiro atoms. The van der Waals surface area contributed by atoms with Crippen LogP contribution in [0, 0.1) is 5.92 Å². The normalized spacial score (nSPS) is 16.9. The lowest BCUT2D eigenvalue weighted by atomic mass is 9.89. The third kappa shape index (κ3) is 4.11. The molecule has 2 aromatic carbocycles. The highest BCUT2D eigenvalue weighted by Crippen LogP contribution is 2.24. The summed E-state index contributed by atoms with van der Waals surface area (Å²) >= 11 is 0. The third-order valence-electron chi connectivity index (χ3n) is 5.56. The first kappa shape index (κ1) is 18.4. The van der Waals surface area contributed by atoms with Crippen molar-refractivity contribution in [2.45, 2.75) is 25.7 Å². The number of ketones is 1. The molecule has 1 aliphatic rings. The number of nitrogens with zero attached hydrogens (tertiary/aromatic N) is 2. The average Bonchev–Trinajstić information content (AvgIpc) is 2.77. The van der Waals surface area contributed by atoms with Gasteiger partial charge in [0.2, 0.25) is 5.91 Å². The number of hydrogen-bond donors (Lipinski definition) is 0. The number of amides is 1. The van der Waals surface area contributed by atoms with Gasteiger partial charge in [0.15, 0.2) is 5.78 Å². The second-order valence-electron chi connectivity index (χ2n) is 7.46. The predicted molar refractivity (Wildman–Crippen MR) is 110 cm³/mol. The van der Waals surface area contributed by atoms with Gasteiger partial charge in [0.1, 0.15) is 0 Å². The Labute approximate surface area is 165 Å². The molecule has 1 saturated heterocycles. The first-order chi connectivity index (χ1) is 13.7. The highest BCUT2D eigenvalue weighted by atomic mass is 16.2. The number of benzene rings is 2. The maximum Gasteiger partial charge on any atom is 0.222 e. The van der Waals surface area contributed by atoms with E-state index in [4.69, 9.17) is 0 Å². The van der Waals surface area contributed by atoms with Crippen molar-refractivity contribution < 1.29 is 9.59 Å². The zero-order valence-electron chi connectivity index (χ0n) is 15.9. The van der Waals surface area contributed by atoms with Crippen LogP contribution in [0.4, 0.5) is 0 Å². The number of fused-ring (bicyclic) bond motifs is 1. The van der Waals surface area contributed by atoms with Crippen LogP contribution in [0.2, 0.25) is 0 Å². The van der Waals surface area contributed by atoms with E-state index < -0.39 is 0 Å². The number of carbonyl (C=O) groups is 2. The first-order valence-corrected chi connectivity index (χ1v) is 9.90. The molecule has 0 unspecified atom stereocenters. The molecule has 0 aliphatic carbocycles. The maximum atomic E-state index is 13.0. The van der Waals surface area contributed by atoms with Crippen molar-refractivity contribution in [1.29, 1.82) is 0 Å². The largest absolute Gasteiger partial charge is 0.342 e. The molecule has 1 atom stereocenters. The molecule has 4 heteroatoms. The number of aromatic nitrogens is 1. The van der Waals surface area contributed by atoms with Crippen LogP contribution >= 0.6 is 0 Å². The van der Waals surface area contributed by atoms with E-state index in [0.29, 0.717) is 19.4 Å². The highest BCUT2D eigenvalue weighted by molar-refractivity contribution is 6.01. The summed E-state index contributed by atoms with van der Waals surface area (Å²) in [4.78, 5) is 31.6. The molecule has 0 N–H and O–H groups in total. The number of Topliss-reactive ketones (excluding diaryl/α,β-unsaturated/α-hetero) is 1. The van der Waals surface area contributed by atoms with Crippen LogP contribution in [0.5, 0.6) is 0 Å². The van der Waals surface area contributed by atoms with E-state index in [-0.39, 0.29) is 17.6 Å². The minimum Gasteiger partial charge on any atom is -0.342 e. The maximum absolute atomic E-state index is 13.0. The zero-order chi connectivity index (χ0) is 19.3. The molecule has 0 radical (unpaired) electrons. The van der Waals surface area contributed by atoms with Crippen molar-refractivity contribution in [2.24, 2.45) is 5.92 Å². The summed E-state index contributed by atoms with van der Waals surface area (Å²) in [5.74, 6) is 0.171. The fraction of sp³-hybridized carbons (Fsp3) is 0.292. The Hall–Kier alpha value is -3.01. The number of rotatable bonds is 5. The lowest BCUT2D eigenvalue weighted by Crippen LogP contribution is -2.42. The molecule has 4 nitrogen and oxygen atoms in total. The predicted octanol–water partition coefficient (Wildman–Crippen LogP) is 4.29. The number of aryl methyl sites for hydroxylation is 1. The van der Waals surface area contributed by atoms with Gasteiger partial charge in [0.25, 0.3) is 0 Å². The molecular formula is C24H24N2O2. The molecule has 28 heavy (non-hydrogen) atoms. The molecular weight excluding hydrogens is 348 g/mol. The van der Waals surface area contributed by atoms with Crippen LogP contribution in [-0.4, -0.2) is 34.7 Å². The molecule has 3 aromatic rings. The Balaban J connectivity index is 1.40. The number of pyridine rings is 1. The minimum absolute atomic E-state index is 0.111. The van der Waals surface area contributed by atoms with Gasteiger partial charge in [0.05, 0.1) is 0 Å². The van der Waals surface area contributed by atoms with E-state index in [2.05, 4.69) is 4.98 Å². The van der Waals surface area contributed by atoms with E-state index in [9.17, 15) is 9.59 Å². The smallest absolute Gasteiger partial charge is 0.222 e. The molecule has 2 heterocycles. The minimum atomic E-state index is -0.111. The topological polar surface area (TPSA) is 50.3 Å². The van der Waals surface area contributed by atoms with Gasteiger partial charge < -0.3 is 4.90 Å².